The Bertz CT molecular complexity index is 1100. The molecule has 8 heteroatoms. The van der Waals surface area contributed by atoms with Crippen molar-refractivity contribution in [3.63, 3.8) is 0 Å². The number of carbonyl (C=O) groups is 1. The molecule has 0 unspecified atom stereocenters. The van der Waals surface area contributed by atoms with Crippen molar-refractivity contribution >= 4 is 29.0 Å². The molecule has 2 N–H and O–H groups in total. The lowest BCUT2D eigenvalue weighted by atomic mass is 10.1. The van der Waals surface area contributed by atoms with Crippen LogP contribution in [0.25, 0.3) is 22.5 Å². The van der Waals surface area contributed by atoms with Crippen LogP contribution in [0.4, 0.5) is 4.39 Å². The highest BCUT2D eigenvalue weighted by molar-refractivity contribution is 7.99. The summed E-state index contributed by atoms with van der Waals surface area (Å²) in [7, 11) is 0. The molecule has 0 aliphatic heterocycles. The number of thioether (sulfide) groups is 1. The minimum absolute atomic E-state index is 0.0356. The molecule has 30 heavy (non-hydrogen) atoms. The molecular formula is C22H19FN4OS2. The highest BCUT2D eigenvalue weighted by atomic mass is 32.2. The molecule has 0 saturated heterocycles. The molecule has 0 atom stereocenters. The average Bonchev–Trinajstić information content (AvgIpc) is 3.45. The Morgan fingerprint density at radius 2 is 1.90 bits per heavy atom. The molecule has 4 rings (SSSR count). The van der Waals surface area contributed by atoms with Crippen LogP contribution in [0.5, 0.6) is 0 Å². The molecule has 152 valence electrons. The summed E-state index contributed by atoms with van der Waals surface area (Å²) in [5.41, 5.74) is 3.45. The van der Waals surface area contributed by atoms with Gasteiger partial charge in [0.05, 0.1) is 16.3 Å². The Kier molecular flexibility index (Phi) is 6.56. The zero-order valence-corrected chi connectivity index (χ0v) is 17.6. The number of carbonyl (C=O) groups excluding carboxylic acids is 1. The van der Waals surface area contributed by atoms with Crippen LogP contribution < -0.4 is 5.32 Å². The number of amides is 1. The van der Waals surface area contributed by atoms with Gasteiger partial charge >= 0.3 is 0 Å². The fraction of sp³-hybridized carbons (Fsp3) is 0.136. The third-order valence-corrected chi connectivity index (χ3v) is 6.19. The molecule has 1 amide bonds. The van der Waals surface area contributed by atoms with Gasteiger partial charge < -0.3 is 10.3 Å². The third kappa shape index (κ3) is 4.95. The van der Waals surface area contributed by atoms with Gasteiger partial charge in [-0.15, -0.1) is 11.3 Å². The largest absolute Gasteiger partial charge is 0.351 e. The lowest BCUT2D eigenvalue weighted by molar-refractivity contribution is 0.0958. The molecule has 5 nitrogen and oxygen atoms in total. The zero-order chi connectivity index (χ0) is 20.8. The second-order valence-corrected chi connectivity index (χ2v) is 8.47. The molecule has 3 aromatic heterocycles. The Morgan fingerprint density at radius 1 is 1.10 bits per heavy atom. The first kappa shape index (κ1) is 20.3. The number of pyridine rings is 1. The van der Waals surface area contributed by atoms with Gasteiger partial charge in [-0.1, -0.05) is 17.8 Å². The Balaban J connectivity index is 1.42. The summed E-state index contributed by atoms with van der Waals surface area (Å²) < 4.78 is 13.3. The zero-order valence-electron chi connectivity index (χ0n) is 16.0. The average molecular weight is 439 g/mol. The third-order valence-electron chi connectivity index (χ3n) is 4.36. The SMILES string of the molecule is O=C(NCCCSc1nc(-c2ccc(F)cc2)c(-c2ccncc2)[nH]1)c1cccs1. The smallest absolute Gasteiger partial charge is 0.261 e. The number of H-pyrrole nitrogens is 1. The van der Waals surface area contributed by atoms with Crippen molar-refractivity contribution in [2.45, 2.75) is 11.6 Å². The molecular weight excluding hydrogens is 419 g/mol. The number of benzene rings is 1. The van der Waals surface area contributed by atoms with Gasteiger partial charge in [-0.3, -0.25) is 9.78 Å². The van der Waals surface area contributed by atoms with Gasteiger partial charge in [-0.25, -0.2) is 9.37 Å². The standard InChI is InChI=1S/C22H19FN4OS2/c23-17-6-4-15(5-7-17)19-20(16-8-11-24-12-9-16)27-22(26-19)30-14-2-10-25-21(28)18-3-1-13-29-18/h1,3-9,11-13H,2,10,14H2,(H,25,28)(H,26,27). The van der Waals surface area contributed by atoms with E-state index in [0.29, 0.717) is 6.54 Å². The number of aromatic nitrogens is 3. The Hall–Kier alpha value is -2.97. The minimum Gasteiger partial charge on any atom is -0.351 e. The summed E-state index contributed by atoms with van der Waals surface area (Å²) in [5.74, 6) is 0.488. The fourth-order valence-corrected chi connectivity index (χ4v) is 4.35. The molecule has 0 spiro atoms. The van der Waals surface area contributed by atoms with Crippen LogP contribution in [0, 0.1) is 5.82 Å². The second-order valence-electron chi connectivity index (χ2n) is 6.44. The molecule has 0 radical (unpaired) electrons. The number of nitrogens with one attached hydrogen (secondary N) is 2. The molecule has 0 aliphatic carbocycles. The van der Waals surface area contributed by atoms with Crippen LogP contribution in [0.2, 0.25) is 0 Å². The van der Waals surface area contributed by atoms with Crippen LogP contribution in [-0.4, -0.2) is 33.2 Å². The van der Waals surface area contributed by atoms with E-state index in [4.69, 9.17) is 4.98 Å². The first-order valence-corrected chi connectivity index (χ1v) is 11.3. The predicted octanol–water partition coefficient (Wildman–Crippen LogP) is 5.25. The molecule has 0 fully saturated rings. The molecule has 0 bridgehead atoms. The van der Waals surface area contributed by atoms with Crippen molar-refractivity contribution in [2.75, 3.05) is 12.3 Å². The summed E-state index contributed by atoms with van der Waals surface area (Å²) in [4.78, 5) is 24.9. The number of thiophene rings is 1. The Labute approximate surface area is 181 Å². The van der Waals surface area contributed by atoms with Gasteiger partial charge in [0.15, 0.2) is 5.16 Å². The maximum atomic E-state index is 13.3. The van der Waals surface area contributed by atoms with E-state index in [9.17, 15) is 9.18 Å². The highest BCUT2D eigenvalue weighted by Crippen LogP contribution is 2.32. The lowest BCUT2D eigenvalue weighted by Crippen LogP contribution is -2.23. The van der Waals surface area contributed by atoms with Crippen LogP contribution >= 0.6 is 23.1 Å². The van der Waals surface area contributed by atoms with Crippen LogP contribution in [-0.2, 0) is 0 Å². The number of imidazole rings is 1. The van der Waals surface area contributed by atoms with Crippen molar-refractivity contribution in [2.24, 2.45) is 0 Å². The van der Waals surface area contributed by atoms with Crippen LogP contribution in [0.15, 0.2) is 71.5 Å². The lowest BCUT2D eigenvalue weighted by Gasteiger charge is -2.02. The van der Waals surface area contributed by atoms with E-state index in [-0.39, 0.29) is 11.7 Å². The highest BCUT2D eigenvalue weighted by Gasteiger charge is 2.15. The van der Waals surface area contributed by atoms with E-state index in [1.165, 1.54) is 23.5 Å². The van der Waals surface area contributed by atoms with E-state index in [0.717, 1.165) is 44.7 Å². The summed E-state index contributed by atoms with van der Waals surface area (Å²) >= 11 is 3.02. The first-order chi connectivity index (χ1) is 14.7. The maximum absolute atomic E-state index is 13.3. The van der Waals surface area contributed by atoms with E-state index >= 15 is 0 Å². The van der Waals surface area contributed by atoms with Gasteiger partial charge in [0.1, 0.15) is 5.82 Å². The molecule has 4 aromatic rings. The molecule has 1 aromatic carbocycles. The summed E-state index contributed by atoms with van der Waals surface area (Å²) in [6.07, 6.45) is 4.28. The van der Waals surface area contributed by atoms with Crippen molar-refractivity contribution in [3.8, 4) is 22.5 Å². The monoisotopic (exact) mass is 438 g/mol. The number of halogens is 1. The molecule has 3 heterocycles. The van der Waals surface area contributed by atoms with Gasteiger partial charge in [0.2, 0.25) is 0 Å². The normalized spacial score (nSPS) is 10.8. The second kappa shape index (κ2) is 9.69. The minimum atomic E-state index is -0.279. The number of aromatic amines is 1. The summed E-state index contributed by atoms with van der Waals surface area (Å²) in [6, 6.07) is 13.8. The van der Waals surface area contributed by atoms with Gasteiger partial charge in [0, 0.05) is 35.8 Å². The number of hydrogen-bond acceptors (Lipinski definition) is 5. The topological polar surface area (TPSA) is 70.7 Å². The van der Waals surface area contributed by atoms with Gasteiger partial charge in [-0.05, 0) is 54.3 Å². The van der Waals surface area contributed by atoms with Gasteiger partial charge in [0.25, 0.3) is 5.91 Å². The quantitative estimate of drug-likeness (QED) is 0.291. The van der Waals surface area contributed by atoms with E-state index in [1.807, 2.05) is 29.6 Å². The van der Waals surface area contributed by atoms with Crippen molar-refractivity contribution < 1.29 is 9.18 Å². The van der Waals surface area contributed by atoms with Crippen molar-refractivity contribution in [1.82, 2.24) is 20.3 Å². The summed E-state index contributed by atoms with van der Waals surface area (Å²) in [5, 5.41) is 5.60. The number of rotatable bonds is 8. The van der Waals surface area contributed by atoms with Crippen LogP contribution in [0.3, 0.4) is 0 Å². The maximum Gasteiger partial charge on any atom is 0.261 e. The van der Waals surface area contributed by atoms with E-state index in [2.05, 4.69) is 15.3 Å². The number of hydrogen-bond donors (Lipinski definition) is 2. The molecule has 0 saturated carbocycles. The molecule has 0 aliphatic rings. The van der Waals surface area contributed by atoms with Crippen molar-refractivity contribution in [1.29, 1.82) is 0 Å². The first-order valence-electron chi connectivity index (χ1n) is 9.41. The summed E-state index contributed by atoms with van der Waals surface area (Å²) in [6.45, 7) is 0.604. The van der Waals surface area contributed by atoms with E-state index in [1.54, 1.807) is 36.3 Å². The van der Waals surface area contributed by atoms with Crippen molar-refractivity contribution in [3.05, 3.63) is 77.0 Å². The Morgan fingerprint density at radius 3 is 2.63 bits per heavy atom. The van der Waals surface area contributed by atoms with Crippen LogP contribution in [0.1, 0.15) is 16.1 Å². The van der Waals surface area contributed by atoms with E-state index < -0.39 is 0 Å². The predicted molar refractivity (Wildman–Crippen MR) is 119 cm³/mol. The number of nitrogens with zero attached hydrogens (tertiary/aromatic N) is 2. The van der Waals surface area contributed by atoms with Gasteiger partial charge in [-0.2, -0.15) is 0 Å². The fourth-order valence-electron chi connectivity index (χ4n) is 2.90.